The smallest absolute Gasteiger partial charge is 0.326 e. The van der Waals surface area contributed by atoms with E-state index in [1.54, 1.807) is 13.8 Å². The summed E-state index contributed by atoms with van der Waals surface area (Å²) in [5, 5.41) is 25.4. The lowest BCUT2D eigenvalue weighted by atomic mass is 10.0. The molecular formula is C21H33N7O8. The van der Waals surface area contributed by atoms with Crippen LogP contribution in [0.3, 0.4) is 0 Å². The third-order valence-electron chi connectivity index (χ3n) is 4.98. The molecule has 0 radical (unpaired) electrons. The molecule has 200 valence electrons. The molecule has 4 amide bonds. The molecule has 1 rings (SSSR count). The fourth-order valence-electron chi connectivity index (χ4n) is 3.18. The van der Waals surface area contributed by atoms with Crippen molar-refractivity contribution in [3.63, 3.8) is 0 Å². The molecule has 36 heavy (non-hydrogen) atoms. The number of rotatable bonds is 16. The Kier molecular flexibility index (Phi) is 12.0. The number of nitrogens with one attached hydrogen (secondary N) is 4. The predicted molar refractivity (Wildman–Crippen MR) is 124 cm³/mol. The molecule has 15 heteroatoms. The van der Waals surface area contributed by atoms with Gasteiger partial charge in [0.1, 0.15) is 18.1 Å². The van der Waals surface area contributed by atoms with Gasteiger partial charge < -0.3 is 42.6 Å². The van der Waals surface area contributed by atoms with Gasteiger partial charge in [0.15, 0.2) is 0 Å². The number of amides is 4. The molecule has 0 aliphatic carbocycles. The standard InChI is InChI=1S/C21H33N7O8/c1-10(2)5-14(27-18(32)12(22)7-17(30)31)19(33)28-15(6-11-8-24-9-25-11)20(34)26-13(21(35)36)3-4-16(23)29/h8-10,12-15H,3-7,22H2,1-2H3,(H2,23,29)(H,24,25)(H,26,34)(H,27,32)(H,28,33)(H,30,31)(H,35,36). The monoisotopic (exact) mass is 511 g/mol. The zero-order valence-corrected chi connectivity index (χ0v) is 20.0. The molecule has 0 aromatic carbocycles. The zero-order valence-electron chi connectivity index (χ0n) is 20.0. The van der Waals surface area contributed by atoms with Crippen LogP contribution in [0.4, 0.5) is 0 Å². The molecule has 0 aliphatic heterocycles. The van der Waals surface area contributed by atoms with E-state index in [4.69, 9.17) is 16.6 Å². The van der Waals surface area contributed by atoms with Crippen LogP contribution < -0.4 is 27.4 Å². The van der Waals surface area contributed by atoms with Crippen LogP contribution in [0.25, 0.3) is 0 Å². The van der Waals surface area contributed by atoms with Gasteiger partial charge in [0.25, 0.3) is 0 Å². The number of aromatic amines is 1. The van der Waals surface area contributed by atoms with E-state index >= 15 is 0 Å². The number of hydrogen-bond acceptors (Lipinski definition) is 8. The van der Waals surface area contributed by atoms with Crippen LogP contribution in [-0.4, -0.2) is 79.9 Å². The molecule has 15 nitrogen and oxygen atoms in total. The van der Waals surface area contributed by atoms with Crippen molar-refractivity contribution in [2.75, 3.05) is 0 Å². The van der Waals surface area contributed by atoms with Gasteiger partial charge in [0, 0.05) is 24.7 Å². The predicted octanol–water partition coefficient (Wildman–Crippen LogP) is -2.40. The molecule has 0 saturated heterocycles. The average Bonchev–Trinajstić information content (AvgIpc) is 3.27. The highest BCUT2D eigenvalue weighted by Gasteiger charge is 2.31. The second-order valence-electron chi connectivity index (χ2n) is 8.64. The van der Waals surface area contributed by atoms with Crippen molar-refractivity contribution >= 4 is 35.6 Å². The maximum absolute atomic E-state index is 13.1. The quantitative estimate of drug-likeness (QED) is 0.117. The molecule has 1 heterocycles. The number of H-pyrrole nitrogens is 1. The highest BCUT2D eigenvalue weighted by Crippen LogP contribution is 2.08. The largest absolute Gasteiger partial charge is 0.481 e. The van der Waals surface area contributed by atoms with Crippen LogP contribution in [0, 0.1) is 5.92 Å². The first-order valence-electron chi connectivity index (χ1n) is 11.2. The zero-order chi connectivity index (χ0) is 27.4. The maximum Gasteiger partial charge on any atom is 0.326 e. The van der Waals surface area contributed by atoms with Crippen molar-refractivity contribution < 1.29 is 39.0 Å². The van der Waals surface area contributed by atoms with Crippen molar-refractivity contribution in [3.8, 4) is 0 Å². The summed E-state index contributed by atoms with van der Waals surface area (Å²) >= 11 is 0. The second-order valence-corrected chi connectivity index (χ2v) is 8.64. The van der Waals surface area contributed by atoms with E-state index in [9.17, 15) is 33.9 Å². The lowest BCUT2D eigenvalue weighted by molar-refractivity contribution is -0.142. The number of carbonyl (C=O) groups excluding carboxylic acids is 4. The number of primary amides is 1. The number of aliphatic carboxylic acids is 2. The van der Waals surface area contributed by atoms with Gasteiger partial charge in [-0.3, -0.25) is 24.0 Å². The third kappa shape index (κ3) is 10.9. The average molecular weight is 512 g/mol. The molecule has 0 spiro atoms. The highest BCUT2D eigenvalue weighted by atomic mass is 16.4. The Labute approximate surface area is 206 Å². The Morgan fingerprint density at radius 2 is 1.56 bits per heavy atom. The van der Waals surface area contributed by atoms with Crippen molar-refractivity contribution in [1.29, 1.82) is 0 Å². The molecule has 1 aromatic rings. The van der Waals surface area contributed by atoms with E-state index in [0.29, 0.717) is 5.69 Å². The first-order chi connectivity index (χ1) is 16.8. The Morgan fingerprint density at radius 1 is 0.972 bits per heavy atom. The SMILES string of the molecule is CC(C)CC(NC(=O)C(N)CC(=O)O)C(=O)NC(Cc1cnc[nH]1)C(=O)NC(CCC(N)=O)C(=O)O. The molecule has 0 fully saturated rings. The Morgan fingerprint density at radius 3 is 2.06 bits per heavy atom. The fourth-order valence-corrected chi connectivity index (χ4v) is 3.18. The number of imidazole rings is 1. The molecule has 10 N–H and O–H groups in total. The van der Waals surface area contributed by atoms with E-state index in [1.165, 1.54) is 12.5 Å². The number of carboxylic acid groups (broad SMARTS) is 2. The number of carbonyl (C=O) groups is 6. The van der Waals surface area contributed by atoms with Crippen LogP contribution in [-0.2, 0) is 35.2 Å². The lowest BCUT2D eigenvalue weighted by Crippen LogP contribution is -2.58. The van der Waals surface area contributed by atoms with Crippen molar-refractivity contribution in [3.05, 3.63) is 18.2 Å². The van der Waals surface area contributed by atoms with Gasteiger partial charge in [0.05, 0.1) is 18.8 Å². The van der Waals surface area contributed by atoms with Gasteiger partial charge in [-0.1, -0.05) is 13.8 Å². The maximum atomic E-state index is 13.1. The molecule has 1 aromatic heterocycles. The van der Waals surface area contributed by atoms with Gasteiger partial charge in [-0.25, -0.2) is 9.78 Å². The van der Waals surface area contributed by atoms with E-state index in [2.05, 4.69) is 25.9 Å². The number of hydrogen-bond donors (Lipinski definition) is 8. The summed E-state index contributed by atoms with van der Waals surface area (Å²) in [5.74, 6) is -5.98. The minimum absolute atomic E-state index is 0.0816. The molecular weight excluding hydrogens is 478 g/mol. The number of nitrogens with two attached hydrogens (primary N) is 2. The minimum Gasteiger partial charge on any atom is -0.481 e. The highest BCUT2D eigenvalue weighted by molar-refractivity contribution is 5.94. The normalized spacial score (nSPS) is 14.2. The summed E-state index contributed by atoms with van der Waals surface area (Å²) in [5.41, 5.74) is 11.1. The number of nitrogens with zero attached hydrogens (tertiary/aromatic N) is 1. The van der Waals surface area contributed by atoms with E-state index < -0.39 is 66.2 Å². The summed E-state index contributed by atoms with van der Waals surface area (Å²) in [6, 6.07) is -5.27. The number of carboxylic acids is 2. The van der Waals surface area contributed by atoms with E-state index in [-0.39, 0.29) is 31.6 Å². The summed E-state index contributed by atoms with van der Waals surface area (Å²) < 4.78 is 0. The van der Waals surface area contributed by atoms with Crippen molar-refractivity contribution in [1.82, 2.24) is 25.9 Å². The van der Waals surface area contributed by atoms with Crippen molar-refractivity contribution in [2.45, 2.75) is 70.1 Å². The summed E-state index contributed by atoms with van der Waals surface area (Å²) in [7, 11) is 0. The van der Waals surface area contributed by atoms with E-state index in [1.807, 2.05) is 0 Å². The molecule has 4 atom stereocenters. The van der Waals surface area contributed by atoms with Crippen LogP contribution >= 0.6 is 0 Å². The Balaban J connectivity index is 3.07. The molecule has 0 aliphatic rings. The van der Waals surface area contributed by atoms with Crippen LogP contribution in [0.1, 0.15) is 45.2 Å². The Hall–Kier alpha value is -4.01. The van der Waals surface area contributed by atoms with Crippen molar-refractivity contribution in [2.24, 2.45) is 17.4 Å². The van der Waals surface area contributed by atoms with Crippen LogP contribution in [0.2, 0.25) is 0 Å². The van der Waals surface area contributed by atoms with Gasteiger partial charge in [-0.2, -0.15) is 0 Å². The fraction of sp³-hybridized carbons (Fsp3) is 0.571. The van der Waals surface area contributed by atoms with Crippen LogP contribution in [0.15, 0.2) is 12.5 Å². The molecule has 0 bridgehead atoms. The summed E-state index contributed by atoms with van der Waals surface area (Å²) in [6.45, 7) is 3.57. The topological polar surface area (TPSA) is 260 Å². The number of aromatic nitrogens is 2. The Bertz CT molecular complexity index is 935. The van der Waals surface area contributed by atoms with Crippen LogP contribution in [0.5, 0.6) is 0 Å². The molecule has 0 saturated carbocycles. The second kappa shape index (κ2) is 14.4. The first kappa shape index (κ1) is 30.0. The molecule has 4 unspecified atom stereocenters. The van der Waals surface area contributed by atoms with Gasteiger partial charge in [-0.15, -0.1) is 0 Å². The lowest BCUT2D eigenvalue weighted by Gasteiger charge is -2.25. The minimum atomic E-state index is -1.44. The summed E-state index contributed by atoms with van der Waals surface area (Å²) in [4.78, 5) is 78.4. The third-order valence-corrected chi connectivity index (χ3v) is 4.98. The van der Waals surface area contributed by atoms with Gasteiger partial charge in [0.2, 0.25) is 23.6 Å². The first-order valence-corrected chi connectivity index (χ1v) is 11.2. The summed E-state index contributed by atoms with van der Waals surface area (Å²) in [6.07, 6.45) is 1.63. The van der Waals surface area contributed by atoms with Gasteiger partial charge >= 0.3 is 11.9 Å². The van der Waals surface area contributed by atoms with Gasteiger partial charge in [-0.05, 0) is 18.8 Å². The van der Waals surface area contributed by atoms with E-state index in [0.717, 1.165) is 0 Å².